The molecule has 0 saturated heterocycles. The van der Waals surface area contributed by atoms with E-state index in [0.717, 1.165) is 6.07 Å². The van der Waals surface area contributed by atoms with Gasteiger partial charge in [-0.2, -0.15) is 13.2 Å². The molecule has 0 aliphatic rings. The van der Waals surface area contributed by atoms with Crippen molar-refractivity contribution in [3.8, 4) is 0 Å². The number of nitrogens with one attached hydrogen (secondary N) is 1. The predicted octanol–water partition coefficient (Wildman–Crippen LogP) is 2.47. The summed E-state index contributed by atoms with van der Waals surface area (Å²) in [7, 11) is 0. The van der Waals surface area contributed by atoms with Crippen molar-refractivity contribution in [3.05, 3.63) is 35.4 Å². The molecule has 0 saturated carbocycles. The van der Waals surface area contributed by atoms with Crippen LogP contribution in [-0.2, 0) is 22.2 Å². The van der Waals surface area contributed by atoms with Crippen LogP contribution in [0.4, 0.5) is 13.2 Å². The van der Waals surface area contributed by atoms with Crippen LogP contribution < -0.4 is 5.32 Å². The van der Waals surface area contributed by atoms with E-state index in [0.29, 0.717) is 0 Å². The molecule has 0 fully saturated rings. The lowest BCUT2D eigenvalue weighted by Gasteiger charge is -2.18. The maximum absolute atomic E-state index is 12.8. The third-order valence-corrected chi connectivity index (χ3v) is 3.20. The van der Waals surface area contributed by atoms with Gasteiger partial charge in [-0.1, -0.05) is 18.2 Å². The van der Waals surface area contributed by atoms with Crippen LogP contribution in [0, 0.1) is 5.92 Å². The maximum Gasteiger partial charge on any atom is 0.416 e. The summed E-state index contributed by atoms with van der Waals surface area (Å²) in [5, 5.41) is 11.2. The molecule has 0 aliphatic carbocycles. The number of carbonyl (C=O) groups excluding carboxylic acids is 1. The van der Waals surface area contributed by atoms with Gasteiger partial charge in [0, 0.05) is 6.04 Å². The predicted molar refractivity (Wildman–Crippen MR) is 69.6 cm³/mol. The van der Waals surface area contributed by atoms with Gasteiger partial charge >= 0.3 is 12.1 Å². The number of alkyl halides is 3. The van der Waals surface area contributed by atoms with Crippen LogP contribution >= 0.6 is 0 Å². The molecule has 0 spiro atoms. The Hall–Kier alpha value is -2.05. The van der Waals surface area contributed by atoms with Crippen molar-refractivity contribution in [2.24, 2.45) is 5.92 Å². The Balaban J connectivity index is 2.79. The normalized spacial score (nSPS) is 14.3. The van der Waals surface area contributed by atoms with Crippen molar-refractivity contribution in [2.45, 2.75) is 32.5 Å². The van der Waals surface area contributed by atoms with E-state index < -0.39 is 42.0 Å². The van der Waals surface area contributed by atoms with Gasteiger partial charge in [0.2, 0.25) is 5.91 Å². The lowest BCUT2D eigenvalue weighted by molar-refractivity contribution is -0.142. The van der Waals surface area contributed by atoms with Crippen molar-refractivity contribution < 1.29 is 27.9 Å². The average Bonchev–Trinajstić information content (AvgIpc) is 2.36. The molecule has 1 amide bonds. The van der Waals surface area contributed by atoms with Crippen molar-refractivity contribution >= 4 is 11.9 Å². The van der Waals surface area contributed by atoms with Crippen LogP contribution in [0.2, 0.25) is 0 Å². The van der Waals surface area contributed by atoms with Crippen LogP contribution in [-0.4, -0.2) is 23.0 Å². The largest absolute Gasteiger partial charge is 0.481 e. The van der Waals surface area contributed by atoms with E-state index in [-0.39, 0.29) is 5.56 Å². The van der Waals surface area contributed by atoms with Crippen molar-refractivity contribution in [1.82, 2.24) is 5.32 Å². The summed E-state index contributed by atoms with van der Waals surface area (Å²) < 4.78 is 38.4. The van der Waals surface area contributed by atoms with E-state index in [1.807, 2.05) is 0 Å². The molecule has 0 heterocycles. The summed E-state index contributed by atoms with van der Waals surface area (Å²) in [5.74, 6) is -2.56. The molecule has 2 atom stereocenters. The Morgan fingerprint density at radius 1 is 1.24 bits per heavy atom. The Morgan fingerprint density at radius 2 is 1.81 bits per heavy atom. The first-order chi connectivity index (χ1) is 9.62. The molecule has 1 aromatic rings. The maximum atomic E-state index is 12.8. The Morgan fingerprint density at radius 3 is 2.33 bits per heavy atom. The number of hydrogen-bond donors (Lipinski definition) is 2. The monoisotopic (exact) mass is 303 g/mol. The van der Waals surface area contributed by atoms with E-state index in [1.165, 1.54) is 32.0 Å². The SMILES string of the molecule is CC(NC(=O)Cc1ccccc1C(F)(F)F)C(C)C(=O)O. The molecule has 0 bridgehead atoms. The molecule has 1 rings (SSSR count). The van der Waals surface area contributed by atoms with E-state index in [4.69, 9.17) is 5.11 Å². The Labute approximate surface area is 120 Å². The molecular weight excluding hydrogens is 287 g/mol. The lowest BCUT2D eigenvalue weighted by atomic mass is 10.0. The fourth-order valence-electron chi connectivity index (χ4n) is 1.77. The summed E-state index contributed by atoms with van der Waals surface area (Å²) in [6, 6.07) is 4.13. The Bertz CT molecular complexity index is 528. The molecule has 0 aromatic heterocycles. The third kappa shape index (κ3) is 4.77. The van der Waals surface area contributed by atoms with Crippen LogP contribution in [0.5, 0.6) is 0 Å². The van der Waals surface area contributed by atoms with Crippen LogP contribution in [0.3, 0.4) is 0 Å². The molecule has 0 radical (unpaired) electrons. The lowest BCUT2D eigenvalue weighted by Crippen LogP contribution is -2.40. The number of aliphatic carboxylic acids is 1. The van der Waals surface area contributed by atoms with Crippen LogP contribution in [0.25, 0.3) is 0 Å². The van der Waals surface area contributed by atoms with E-state index in [1.54, 1.807) is 0 Å². The molecule has 116 valence electrons. The summed E-state index contributed by atoms with van der Waals surface area (Å²) >= 11 is 0. The highest BCUT2D eigenvalue weighted by Crippen LogP contribution is 2.32. The Kier molecular flexibility index (Phi) is 5.34. The molecule has 2 unspecified atom stereocenters. The molecule has 21 heavy (non-hydrogen) atoms. The first-order valence-electron chi connectivity index (χ1n) is 6.30. The zero-order valence-corrected chi connectivity index (χ0v) is 11.6. The summed E-state index contributed by atoms with van der Waals surface area (Å²) in [4.78, 5) is 22.5. The zero-order valence-electron chi connectivity index (χ0n) is 11.6. The zero-order chi connectivity index (χ0) is 16.2. The summed E-state index contributed by atoms with van der Waals surface area (Å²) in [6.07, 6.45) is -4.98. The quantitative estimate of drug-likeness (QED) is 0.878. The number of benzene rings is 1. The van der Waals surface area contributed by atoms with Gasteiger partial charge < -0.3 is 10.4 Å². The number of hydrogen-bond acceptors (Lipinski definition) is 2. The van der Waals surface area contributed by atoms with Gasteiger partial charge in [-0.3, -0.25) is 9.59 Å². The van der Waals surface area contributed by atoms with Gasteiger partial charge in [-0.25, -0.2) is 0 Å². The molecule has 2 N–H and O–H groups in total. The highest BCUT2D eigenvalue weighted by molar-refractivity contribution is 5.80. The van der Waals surface area contributed by atoms with Crippen molar-refractivity contribution in [3.63, 3.8) is 0 Å². The van der Waals surface area contributed by atoms with Gasteiger partial charge in [-0.05, 0) is 25.5 Å². The number of amides is 1. The minimum atomic E-state index is -4.53. The van der Waals surface area contributed by atoms with E-state index in [9.17, 15) is 22.8 Å². The van der Waals surface area contributed by atoms with Crippen LogP contribution in [0.15, 0.2) is 24.3 Å². The van der Waals surface area contributed by atoms with Crippen LogP contribution in [0.1, 0.15) is 25.0 Å². The second-order valence-electron chi connectivity index (χ2n) is 4.81. The second kappa shape index (κ2) is 6.60. The third-order valence-electron chi connectivity index (χ3n) is 3.20. The standard InChI is InChI=1S/C14H16F3NO3/c1-8(13(20)21)9(2)18-12(19)7-10-5-3-4-6-11(10)14(15,16)17/h3-6,8-9H,7H2,1-2H3,(H,18,19)(H,20,21). The number of halogens is 3. The topological polar surface area (TPSA) is 66.4 Å². The summed E-state index contributed by atoms with van der Waals surface area (Å²) in [6.45, 7) is 2.91. The minimum absolute atomic E-state index is 0.141. The second-order valence-corrected chi connectivity index (χ2v) is 4.81. The number of carboxylic acids is 1. The average molecular weight is 303 g/mol. The number of rotatable bonds is 5. The molecule has 1 aromatic carbocycles. The minimum Gasteiger partial charge on any atom is -0.481 e. The van der Waals surface area contributed by atoms with E-state index >= 15 is 0 Å². The van der Waals surface area contributed by atoms with Crippen molar-refractivity contribution in [2.75, 3.05) is 0 Å². The van der Waals surface area contributed by atoms with Gasteiger partial charge in [0.15, 0.2) is 0 Å². The fourth-order valence-corrected chi connectivity index (χ4v) is 1.77. The van der Waals surface area contributed by atoms with Crippen molar-refractivity contribution in [1.29, 1.82) is 0 Å². The molecular formula is C14H16F3NO3. The summed E-state index contributed by atoms with van der Waals surface area (Å²) in [5.41, 5.74) is -1.00. The highest BCUT2D eigenvalue weighted by Gasteiger charge is 2.33. The fraction of sp³-hybridized carbons (Fsp3) is 0.429. The highest BCUT2D eigenvalue weighted by atomic mass is 19.4. The van der Waals surface area contributed by atoms with Gasteiger partial charge in [-0.15, -0.1) is 0 Å². The molecule has 7 heteroatoms. The molecule has 0 aliphatic heterocycles. The van der Waals surface area contributed by atoms with Gasteiger partial charge in [0.05, 0.1) is 17.9 Å². The smallest absolute Gasteiger partial charge is 0.416 e. The van der Waals surface area contributed by atoms with E-state index in [2.05, 4.69) is 5.32 Å². The van der Waals surface area contributed by atoms with Gasteiger partial charge in [0.1, 0.15) is 0 Å². The number of carboxylic acid groups (broad SMARTS) is 1. The first-order valence-corrected chi connectivity index (χ1v) is 6.30. The van der Waals surface area contributed by atoms with Gasteiger partial charge in [0.25, 0.3) is 0 Å². The first kappa shape index (κ1) is 17.0. The number of carbonyl (C=O) groups is 2. The molecule has 4 nitrogen and oxygen atoms in total.